The molecule has 2 saturated carbocycles. The second kappa shape index (κ2) is 6.36. The van der Waals surface area contributed by atoms with E-state index in [1.807, 2.05) is 13.8 Å². The van der Waals surface area contributed by atoms with Gasteiger partial charge >= 0.3 is 0 Å². The zero-order valence-electron chi connectivity index (χ0n) is 15.9. The maximum Gasteiger partial charge on any atom is 0.181 e. The predicted molar refractivity (Wildman–Crippen MR) is 92.4 cm³/mol. The average molecular weight is 366 g/mol. The highest BCUT2D eigenvalue weighted by atomic mass is 16.7. The molecule has 0 unspecified atom stereocenters. The summed E-state index contributed by atoms with van der Waals surface area (Å²) >= 11 is 0. The van der Waals surface area contributed by atoms with E-state index >= 15 is 0 Å². The molecular formula is C20H30O6. The summed E-state index contributed by atoms with van der Waals surface area (Å²) in [5.74, 6) is -1.35. The summed E-state index contributed by atoms with van der Waals surface area (Å²) in [6, 6.07) is 0. The second-order valence-electron chi connectivity index (χ2n) is 8.70. The number of carbonyl (C=O) groups is 2. The van der Waals surface area contributed by atoms with E-state index in [1.54, 1.807) is 0 Å². The summed E-state index contributed by atoms with van der Waals surface area (Å²) in [4.78, 5) is 24.7. The van der Waals surface area contributed by atoms with Crippen LogP contribution in [0.25, 0.3) is 0 Å². The highest BCUT2D eigenvalue weighted by Gasteiger charge is 2.62. The summed E-state index contributed by atoms with van der Waals surface area (Å²) in [5, 5.41) is 0. The highest BCUT2D eigenvalue weighted by Crippen LogP contribution is 2.53. The molecule has 6 heteroatoms. The molecule has 4 aliphatic rings. The van der Waals surface area contributed by atoms with Gasteiger partial charge in [-0.05, 0) is 39.5 Å². The van der Waals surface area contributed by atoms with Crippen molar-refractivity contribution >= 4 is 11.6 Å². The Morgan fingerprint density at radius 3 is 1.54 bits per heavy atom. The molecule has 2 saturated heterocycles. The maximum atomic E-state index is 12.3. The molecule has 0 amide bonds. The van der Waals surface area contributed by atoms with Crippen LogP contribution >= 0.6 is 0 Å². The van der Waals surface area contributed by atoms with Gasteiger partial charge in [0.15, 0.2) is 23.1 Å². The van der Waals surface area contributed by atoms with Gasteiger partial charge in [-0.15, -0.1) is 0 Å². The Labute approximate surface area is 154 Å². The van der Waals surface area contributed by atoms with E-state index in [9.17, 15) is 9.59 Å². The summed E-state index contributed by atoms with van der Waals surface area (Å²) in [6.45, 7) is 4.88. The Balaban J connectivity index is 1.39. The maximum absolute atomic E-state index is 12.3. The molecule has 0 N–H and O–H groups in total. The van der Waals surface area contributed by atoms with Gasteiger partial charge in [-0.3, -0.25) is 9.59 Å². The molecule has 0 aromatic rings. The SMILES string of the molecule is C[C@@]12CCCC[C@]1(OCCO[C@@]13CCCC[C@]1(C)C(=O)CO3)OCC2=O. The summed E-state index contributed by atoms with van der Waals surface area (Å²) < 4.78 is 24.0. The van der Waals surface area contributed by atoms with Crippen LogP contribution in [0, 0.1) is 10.8 Å². The molecule has 0 aromatic heterocycles. The third-order valence-corrected chi connectivity index (χ3v) is 7.40. The third kappa shape index (κ3) is 2.45. The zero-order chi connectivity index (χ0) is 18.5. The molecule has 26 heavy (non-hydrogen) atoms. The molecule has 6 nitrogen and oxygen atoms in total. The number of ketones is 2. The molecule has 4 fully saturated rings. The first-order chi connectivity index (χ1) is 12.4. The van der Waals surface area contributed by atoms with Gasteiger partial charge < -0.3 is 18.9 Å². The van der Waals surface area contributed by atoms with Crippen molar-refractivity contribution in [3.63, 3.8) is 0 Å². The summed E-state index contributed by atoms with van der Waals surface area (Å²) in [5.41, 5.74) is -1.11. The molecule has 0 aromatic carbocycles. The van der Waals surface area contributed by atoms with Crippen LogP contribution in [0.3, 0.4) is 0 Å². The van der Waals surface area contributed by atoms with E-state index in [0.29, 0.717) is 13.2 Å². The second-order valence-corrected chi connectivity index (χ2v) is 8.70. The number of Topliss-reactive ketones (excluding diaryl/α,β-unsaturated/α-hetero) is 2. The molecule has 146 valence electrons. The Kier molecular flexibility index (Phi) is 4.54. The quantitative estimate of drug-likeness (QED) is 0.697. The van der Waals surface area contributed by atoms with Crippen molar-refractivity contribution in [2.24, 2.45) is 10.8 Å². The molecular weight excluding hydrogens is 336 g/mol. The van der Waals surface area contributed by atoms with Crippen molar-refractivity contribution in [3.8, 4) is 0 Å². The van der Waals surface area contributed by atoms with Gasteiger partial charge in [-0.2, -0.15) is 0 Å². The van der Waals surface area contributed by atoms with Crippen LogP contribution in [0.15, 0.2) is 0 Å². The molecule has 4 atom stereocenters. The lowest BCUT2D eigenvalue weighted by atomic mass is 9.69. The van der Waals surface area contributed by atoms with Gasteiger partial charge in [0.1, 0.15) is 13.2 Å². The highest BCUT2D eigenvalue weighted by molar-refractivity contribution is 5.89. The number of hydrogen-bond acceptors (Lipinski definition) is 6. The van der Waals surface area contributed by atoms with Crippen molar-refractivity contribution in [3.05, 3.63) is 0 Å². The Hall–Kier alpha value is -0.820. The average Bonchev–Trinajstić information content (AvgIpc) is 3.05. The number of hydrogen-bond donors (Lipinski definition) is 0. The van der Waals surface area contributed by atoms with Gasteiger partial charge in [-0.1, -0.05) is 12.8 Å². The first-order valence-corrected chi connectivity index (χ1v) is 10.0. The van der Waals surface area contributed by atoms with Gasteiger partial charge in [0.25, 0.3) is 0 Å². The van der Waals surface area contributed by atoms with Crippen molar-refractivity contribution in [2.75, 3.05) is 26.4 Å². The summed E-state index contributed by atoms with van der Waals surface area (Å²) in [6.07, 6.45) is 7.18. The van der Waals surface area contributed by atoms with Gasteiger partial charge in [0, 0.05) is 12.8 Å². The zero-order valence-corrected chi connectivity index (χ0v) is 15.9. The van der Waals surface area contributed by atoms with Gasteiger partial charge in [-0.25, -0.2) is 0 Å². The number of ether oxygens (including phenoxy) is 4. The Bertz CT molecular complexity index is 553. The third-order valence-electron chi connectivity index (χ3n) is 7.40. The van der Waals surface area contributed by atoms with Gasteiger partial charge in [0.2, 0.25) is 0 Å². The normalized spacial score (nSPS) is 45.6. The van der Waals surface area contributed by atoms with Crippen molar-refractivity contribution in [1.82, 2.24) is 0 Å². The van der Waals surface area contributed by atoms with Crippen LogP contribution < -0.4 is 0 Å². The van der Waals surface area contributed by atoms with E-state index in [0.717, 1.165) is 51.4 Å². The van der Waals surface area contributed by atoms with Crippen LogP contribution in [-0.4, -0.2) is 49.6 Å². The van der Waals surface area contributed by atoms with Crippen LogP contribution in [-0.2, 0) is 28.5 Å². The molecule has 0 bridgehead atoms. The van der Waals surface area contributed by atoms with Crippen LogP contribution in [0.4, 0.5) is 0 Å². The molecule has 0 radical (unpaired) electrons. The fourth-order valence-corrected chi connectivity index (χ4v) is 5.41. The number of carbonyl (C=O) groups excluding carboxylic acids is 2. The standard InChI is InChI=1S/C20H30O6/c1-17-7-3-5-9-19(17,25-13-15(17)21)23-11-12-24-20-10-6-4-8-18(20,2)16(22)14-26-20/h3-14H2,1-2H3/t17-,18+,19-,20+. The lowest BCUT2D eigenvalue weighted by molar-refractivity contribution is -0.299. The fourth-order valence-electron chi connectivity index (χ4n) is 5.41. The minimum atomic E-state index is -0.814. The first-order valence-electron chi connectivity index (χ1n) is 10.0. The molecule has 2 heterocycles. The Morgan fingerprint density at radius 1 is 0.731 bits per heavy atom. The minimum Gasteiger partial charge on any atom is -0.346 e. The molecule has 0 spiro atoms. The van der Waals surface area contributed by atoms with Crippen molar-refractivity contribution in [2.45, 2.75) is 76.8 Å². The lowest BCUT2D eigenvalue weighted by Crippen LogP contribution is -2.53. The number of rotatable bonds is 5. The van der Waals surface area contributed by atoms with E-state index in [4.69, 9.17) is 18.9 Å². The van der Waals surface area contributed by atoms with Crippen LogP contribution in [0.1, 0.15) is 65.2 Å². The fraction of sp³-hybridized carbons (Fsp3) is 0.900. The Morgan fingerprint density at radius 2 is 1.12 bits per heavy atom. The predicted octanol–water partition coefficient (Wildman–Crippen LogP) is 2.77. The largest absolute Gasteiger partial charge is 0.346 e. The van der Waals surface area contributed by atoms with Gasteiger partial charge in [0.05, 0.1) is 24.0 Å². The van der Waals surface area contributed by atoms with E-state index in [2.05, 4.69) is 0 Å². The van der Waals surface area contributed by atoms with E-state index < -0.39 is 22.4 Å². The monoisotopic (exact) mass is 366 g/mol. The van der Waals surface area contributed by atoms with E-state index in [-0.39, 0.29) is 24.8 Å². The lowest BCUT2D eigenvalue weighted by Gasteiger charge is -2.45. The van der Waals surface area contributed by atoms with Crippen molar-refractivity contribution < 1.29 is 28.5 Å². The molecule has 4 rings (SSSR count). The summed E-state index contributed by atoms with van der Waals surface area (Å²) in [7, 11) is 0. The topological polar surface area (TPSA) is 71.1 Å². The minimum absolute atomic E-state index is 0.136. The van der Waals surface area contributed by atoms with Crippen LogP contribution in [0.2, 0.25) is 0 Å². The number of fused-ring (bicyclic) bond motifs is 2. The molecule has 2 aliphatic heterocycles. The molecule has 2 aliphatic carbocycles. The van der Waals surface area contributed by atoms with Crippen LogP contribution in [0.5, 0.6) is 0 Å². The van der Waals surface area contributed by atoms with E-state index in [1.165, 1.54) is 0 Å². The van der Waals surface area contributed by atoms with Crippen molar-refractivity contribution in [1.29, 1.82) is 0 Å². The first kappa shape index (κ1) is 18.5. The smallest absolute Gasteiger partial charge is 0.181 e.